The molecule has 0 saturated carbocycles. The number of aliphatic hydroxyl groups is 1. The third kappa shape index (κ3) is 5.36. The molecule has 1 aliphatic rings. The molecule has 190 valence electrons. The summed E-state index contributed by atoms with van der Waals surface area (Å²) in [6.45, 7) is 0. The van der Waals surface area contributed by atoms with Gasteiger partial charge in [0.25, 0.3) is 5.91 Å². The molecule has 10 heteroatoms. The van der Waals surface area contributed by atoms with E-state index >= 15 is 0 Å². The molecule has 1 amide bonds. The normalized spacial score (nSPS) is 15.6. The van der Waals surface area contributed by atoms with E-state index in [0.29, 0.717) is 15.7 Å². The topological polar surface area (TPSA) is 104 Å². The van der Waals surface area contributed by atoms with Gasteiger partial charge >= 0.3 is 0 Å². The van der Waals surface area contributed by atoms with Crippen molar-refractivity contribution in [2.75, 3.05) is 4.90 Å². The van der Waals surface area contributed by atoms with E-state index in [1.807, 2.05) is 30.3 Å². The molecule has 2 heterocycles. The molecule has 38 heavy (non-hydrogen) atoms. The maximum Gasteiger partial charge on any atom is 0.296 e. The van der Waals surface area contributed by atoms with Gasteiger partial charge in [0.1, 0.15) is 11.6 Å². The summed E-state index contributed by atoms with van der Waals surface area (Å²) in [7, 11) is 0. The Hall–Kier alpha value is -4.28. The molecule has 7 nitrogen and oxygen atoms in total. The molecule has 1 unspecified atom stereocenters. The minimum Gasteiger partial charge on any atom is -0.508 e. The van der Waals surface area contributed by atoms with E-state index in [-0.39, 0.29) is 22.3 Å². The lowest BCUT2D eigenvalue weighted by Gasteiger charge is -2.23. The van der Waals surface area contributed by atoms with Crippen LogP contribution in [0, 0.1) is 5.82 Å². The molecule has 4 aromatic rings. The van der Waals surface area contributed by atoms with Crippen molar-refractivity contribution in [3.63, 3.8) is 0 Å². The van der Waals surface area contributed by atoms with Crippen LogP contribution in [0.3, 0.4) is 0 Å². The smallest absolute Gasteiger partial charge is 0.296 e. The molecule has 1 aliphatic heterocycles. The second kappa shape index (κ2) is 11.0. The number of aliphatic hydroxyl groups excluding tert-OH is 1. The molecule has 0 aliphatic carbocycles. The SMILES string of the molecule is O=C(C=Cc1ccccc1)C1=C(O)C(=O)N(c2nnc(SCc3ccc(F)cc3)s2)C1c1cccc(O)c1. The fraction of sp³-hybridized carbons (Fsp3) is 0.0714. The van der Waals surface area contributed by atoms with Crippen LogP contribution >= 0.6 is 23.1 Å². The van der Waals surface area contributed by atoms with Gasteiger partial charge in [0.15, 0.2) is 15.9 Å². The van der Waals surface area contributed by atoms with Gasteiger partial charge in [0, 0.05) is 5.75 Å². The number of carbonyl (C=O) groups is 2. The van der Waals surface area contributed by atoms with Gasteiger partial charge in [-0.15, -0.1) is 10.2 Å². The van der Waals surface area contributed by atoms with Crippen molar-refractivity contribution in [1.82, 2.24) is 10.2 Å². The molecular formula is C28H20FN3O4S2. The minimum atomic E-state index is -1.02. The molecule has 0 fully saturated rings. The summed E-state index contributed by atoms with van der Waals surface area (Å²) in [5.74, 6) is -1.89. The number of phenols is 1. The summed E-state index contributed by atoms with van der Waals surface area (Å²) >= 11 is 2.49. The first-order valence-electron chi connectivity index (χ1n) is 11.4. The van der Waals surface area contributed by atoms with Crippen LogP contribution in [-0.4, -0.2) is 32.1 Å². The number of nitrogens with zero attached hydrogens (tertiary/aromatic N) is 3. The summed E-state index contributed by atoms with van der Waals surface area (Å²) in [5, 5.41) is 29.4. The van der Waals surface area contributed by atoms with E-state index in [4.69, 9.17) is 0 Å². The summed E-state index contributed by atoms with van der Waals surface area (Å²) < 4.78 is 13.7. The van der Waals surface area contributed by atoms with Crippen molar-refractivity contribution in [3.8, 4) is 5.75 Å². The van der Waals surface area contributed by atoms with Crippen molar-refractivity contribution in [3.05, 3.63) is 119 Å². The van der Waals surface area contributed by atoms with E-state index in [1.165, 1.54) is 47.0 Å². The summed E-state index contributed by atoms with van der Waals surface area (Å²) in [4.78, 5) is 27.8. The van der Waals surface area contributed by atoms with Crippen molar-refractivity contribution in [2.24, 2.45) is 0 Å². The zero-order chi connectivity index (χ0) is 26.6. The van der Waals surface area contributed by atoms with Gasteiger partial charge < -0.3 is 10.2 Å². The number of anilines is 1. The van der Waals surface area contributed by atoms with Crippen LogP contribution < -0.4 is 4.90 Å². The van der Waals surface area contributed by atoms with Gasteiger partial charge in [-0.25, -0.2) is 4.39 Å². The Morgan fingerprint density at radius 1 is 1.03 bits per heavy atom. The van der Waals surface area contributed by atoms with Gasteiger partial charge in [0.05, 0.1) is 11.6 Å². The number of hydrogen-bond donors (Lipinski definition) is 2. The Kier molecular flexibility index (Phi) is 7.34. The maximum absolute atomic E-state index is 13.3. The monoisotopic (exact) mass is 545 g/mol. The number of hydrogen-bond acceptors (Lipinski definition) is 8. The van der Waals surface area contributed by atoms with E-state index in [2.05, 4.69) is 10.2 Å². The largest absolute Gasteiger partial charge is 0.508 e. The average molecular weight is 546 g/mol. The molecule has 0 saturated heterocycles. The van der Waals surface area contributed by atoms with Gasteiger partial charge in [-0.1, -0.05) is 83.8 Å². The molecule has 1 aromatic heterocycles. The number of aromatic hydroxyl groups is 1. The maximum atomic E-state index is 13.3. The van der Waals surface area contributed by atoms with Crippen molar-refractivity contribution < 1.29 is 24.2 Å². The van der Waals surface area contributed by atoms with E-state index < -0.39 is 23.5 Å². The quantitative estimate of drug-likeness (QED) is 0.162. The highest BCUT2D eigenvalue weighted by molar-refractivity contribution is 8.00. The Balaban J connectivity index is 1.45. The van der Waals surface area contributed by atoms with Gasteiger partial charge in [-0.05, 0) is 47.0 Å². The number of aromatic nitrogens is 2. The molecular weight excluding hydrogens is 525 g/mol. The third-order valence-corrected chi connectivity index (χ3v) is 7.89. The molecule has 0 spiro atoms. The van der Waals surface area contributed by atoms with Crippen molar-refractivity contribution in [2.45, 2.75) is 16.1 Å². The van der Waals surface area contributed by atoms with Gasteiger partial charge in [0.2, 0.25) is 5.13 Å². The predicted octanol–water partition coefficient (Wildman–Crippen LogP) is 5.86. The Morgan fingerprint density at radius 2 is 1.79 bits per heavy atom. The van der Waals surface area contributed by atoms with Crippen molar-refractivity contribution >= 4 is 46.0 Å². The number of halogens is 1. The fourth-order valence-corrected chi connectivity index (χ4v) is 5.80. The standard InChI is InChI=1S/C28H20FN3O4S2/c29-20-12-9-18(10-13-20)16-37-28-31-30-27(38-28)32-24(19-7-4-8-21(33)15-19)23(25(35)26(32)36)22(34)14-11-17-5-2-1-3-6-17/h1-15,24,33,35H,16H2. The van der Waals surface area contributed by atoms with Crippen LogP contribution in [0.5, 0.6) is 5.75 Å². The average Bonchev–Trinajstić information content (AvgIpc) is 3.49. The van der Waals surface area contributed by atoms with E-state index in [0.717, 1.165) is 22.5 Å². The second-order valence-electron chi connectivity index (χ2n) is 8.31. The Bertz CT molecular complexity index is 1550. The van der Waals surface area contributed by atoms with E-state index in [1.54, 1.807) is 30.3 Å². The zero-order valence-electron chi connectivity index (χ0n) is 19.7. The summed E-state index contributed by atoms with van der Waals surface area (Å²) in [5.41, 5.74) is 1.97. The van der Waals surface area contributed by atoms with Crippen LogP contribution in [0.2, 0.25) is 0 Å². The van der Waals surface area contributed by atoms with Crippen LogP contribution in [-0.2, 0) is 15.3 Å². The molecule has 0 radical (unpaired) electrons. The number of benzene rings is 3. The number of phenolic OH excluding ortho intramolecular Hbond substituents is 1. The first-order valence-corrected chi connectivity index (χ1v) is 13.2. The molecule has 0 bridgehead atoms. The number of allylic oxidation sites excluding steroid dienone is 1. The first kappa shape index (κ1) is 25.4. The van der Waals surface area contributed by atoms with Crippen molar-refractivity contribution in [1.29, 1.82) is 0 Å². The lowest BCUT2D eigenvalue weighted by Crippen LogP contribution is -2.30. The highest BCUT2D eigenvalue weighted by Crippen LogP contribution is 2.43. The minimum absolute atomic E-state index is 0.0549. The summed E-state index contributed by atoms with van der Waals surface area (Å²) in [6, 6.07) is 20.4. The van der Waals surface area contributed by atoms with Crippen LogP contribution in [0.4, 0.5) is 9.52 Å². The highest BCUT2D eigenvalue weighted by Gasteiger charge is 2.45. The number of carbonyl (C=O) groups excluding carboxylic acids is 2. The van der Waals surface area contributed by atoms with Crippen LogP contribution in [0.15, 0.2) is 101 Å². The van der Waals surface area contributed by atoms with Crippen LogP contribution in [0.25, 0.3) is 6.08 Å². The van der Waals surface area contributed by atoms with Crippen LogP contribution in [0.1, 0.15) is 22.7 Å². The first-order chi connectivity index (χ1) is 18.4. The predicted molar refractivity (Wildman–Crippen MR) is 144 cm³/mol. The zero-order valence-corrected chi connectivity index (χ0v) is 21.3. The van der Waals surface area contributed by atoms with Gasteiger partial charge in [-0.2, -0.15) is 0 Å². The number of rotatable bonds is 8. The molecule has 1 atom stereocenters. The summed E-state index contributed by atoms with van der Waals surface area (Å²) in [6.07, 6.45) is 2.90. The fourth-order valence-electron chi connectivity index (χ4n) is 3.97. The number of ketones is 1. The molecule has 2 N–H and O–H groups in total. The number of amides is 1. The second-order valence-corrected chi connectivity index (χ2v) is 10.5. The highest BCUT2D eigenvalue weighted by atomic mass is 32.2. The van der Waals surface area contributed by atoms with E-state index in [9.17, 15) is 24.2 Å². The number of thioether (sulfide) groups is 1. The van der Waals surface area contributed by atoms with Gasteiger partial charge in [-0.3, -0.25) is 14.5 Å². The molecule has 5 rings (SSSR count). The molecule has 3 aromatic carbocycles. The lowest BCUT2D eigenvalue weighted by atomic mass is 9.95. The third-order valence-electron chi connectivity index (χ3n) is 5.76. The Labute approximate surface area is 225 Å². The lowest BCUT2D eigenvalue weighted by molar-refractivity contribution is -0.117. The Morgan fingerprint density at radius 3 is 2.53 bits per heavy atom.